The van der Waals surface area contributed by atoms with E-state index in [-0.39, 0.29) is 12.1 Å². The highest BCUT2D eigenvalue weighted by Crippen LogP contribution is 2.43. The van der Waals surface area contributed by atoms with Crippen LogP contribution in [-0.4, -0.2) is 39.0 Å². The second-order valence-electron chi connectivity index (χ2n) is 11.1. The number of benzene rings is 2. The third kappa shape index (κ3) is 6.51. The first kappa shape index (κ1) is 27.6. The molecule has 1 saturated carbocycles. The molecule has 2 aliphatic rings. The van der Waals surface area contributed by atoms with Crippen LogP contribution in [0.4, 0.5) is 10.1 Å². The van der Waals surface area contributed by atoms with Crippen LogP contribution >= 0.6 is 0 Å². The van der Waals surface area contributed by atoms with Crippen molar-refractivity contribution in [3.05, 3.63) is 65.0 Å². The summed E-state index contributed by atoms with van der Waals surface area (Å²) in [6.45, 7) is 5.95. The summed E-state index contributed by atoms with van der Waals surface area (Å²) in [5, 5.41) is 25.0. The summed E-state index contributed by atoms with van der Waals surface area (Å²) in [5.74, 6) is -0.439. The van der Waals surface area contributed by atoms with Gasteiger partial charge in [-0.2, -0.15) is 5.26 Å². The zero-order valence-electron chi connectivity index (χ0n) is 21.5. The summed E-state index contributed by atoms with van der Waals surface area (Å²) in [4.78, 5) is 12.8. The fourth-order valence-corrected chi connectivity index (χ4v) is 5.60. The van der Waals surface area contributed by atoms with E-state index < -0.39 is 45.5 Å². The SMILES string of the molecule is CC(C)(C)[S+]([O-])NC(CCC1CC1)(c1cccc(C#N)c1)c1ccc(F)c(NC(=O)C2CC(O)CN2)c1. The summed E-state index contributed by atoms with van der Waals surface area (Å²) in [5.41, 5.74) is 0.911. The van der Waals surface area contributed by atoms with E-state index in [0.717, 1.165) is 24.8 Å². The largest absolute Gasteiger partial charge is 0.598 e. The second kappa shape index (κ2) is 11.1. The van der Waals surface area contributed by atoms with Crippen molar-refractivity contribution in [1.82, 2.24) is 10.0 Å². The molecule has 0 radical (unpaired) electrons. The van der Waals surface area contributed by atoms with Crippen LogP contribution in [0, 0.1) is 23.1 Å². The molecule has 37 heavy (non-hydrogen) atoms. The normalized spacial score (nSPS) is 22.2. The van der Waals surface area contributed by atoms with Gasteiger partial charge in [0.15, 0.2) is 0 Å². The molecule has 2 fully saturated rings. The van der Waals surface area contributed by atoms with Gasteiger partial charge in [-0.15, -0.1) is 4.72 Å². The molecule has 4 N–H and O–H groups in total. The van der Waals surface area contributed by atoms with E-state index in [9.17, 15) is 24.1 Å². The quantitative estimate of drug-likeness (QED) is 0.369. The van der Waals surface area contributed by atoms with Gasteiger partial charge in [0, 0.05) is 17.9 Å². The zero-order valence-corrected chi connectivity index (χ0v) is 22.3. The Hall–Kier alpha value is -2.48. The minimum atomic E-state index is -1.49. The lowest BCUT2D eigenvalue weighted by Crippen LogP contribution is -2.52. The molecule has 0 spiro atoms. The van der Waals surface area contributed by atoms with Gasteiger partial charge in [-0.25, -0.2) is 4.39 Å². The Morgan fingerprint density at radius 2 is 1.97 bits per heavy atom. The lowest BCUT2D eigenvalue weighted by molar-refractivity contribution is -0.118. The Kier molecular flexibility index (Phi) is 8.26. The standard InChI is InChI=1S/C28H35FN4O3S/c1-27(2,3)37(36)33-28(12-11-18-7-8-18,20-6-4-5-19(13-20)16-30)21-9-10-23(29)24(14-21)32-26(35)25-15-22(34)17-31-25/h4-6,9-10,13-14,18,22,25,31,33-34H,7-8,11-12,15,17H2,1-3H3,(H,32,35). The number of nitriles is 1. The fraction of sp³-hybridized carbons (Fsp3) is 0.500. The Morgan fingerprint density at radius 3 is 2.59 bits per heavy atom. The highest BCUT2D eigenvalue weighted by Gasteiger charge is 2.43. The third-order valence-corrected chi connectivity index (χ3v) is 8.72. The molecular weight excluding hydrogens is 491 g/mol. The number of carbonyl (C=O) groups excluding carboxylic acids is 1. The van der Waals surface area contributed by atoms with Crippen molar-refractivity contribution in [2.45, 2.75) is 75.3 Å². The number of carbonyl (C=O) groups is 1. The maximum atomic E-state index is 15.0. The number of hydrogen-bond acceptors (Lipinski definition) is 6. The number of hydrogen-bond donors (Lipinski definition) is 4. The van der Waals surface area contributed by atoms with Crippen molar-refractivity contribution in [3.8, 4) is 6.07 Å². The van der Waals surface area contributed by atoms with Gasteiger partial charge in [-0.05, 0) is 81.3 Å². The van der Waals surface area contributed by atoms with Gasteiger partial charge in [-0.3, -0.25) is 4.79 Å². The number of nitrogens with one attached hydrogen (secondary N) is 3. The lowest BCUT2D eigenvalue weighted by atomic mass is 9.79. The van der Waals surface area contributed by atoms with Gasteiger partial charge < -0.3 is 20.3 Å². The summed E-state index contributed by atoms with van der Waals surface area (Å²) >= 11 is -1.49. The van der Waals surface area contributed by atoms with Crippen LogP contribution in [0.2, 0.25) is 0 Å². The van der Waals surface area contributed by atoms with E-state index in [0.29, 0.717) is 30.0 Å². The fourth-order valence-electron chi connectivity index (χ4n) is 4.64. The predicted octanol–water partition coefficient (Wildman–Crippen LogP) is 3.84. The molecule has 198 valence electrons. The Bertz CT molecular complexity index is 1180. The van der Waals surface area contributed by atoms with Crippen molar-refractivity contribution >= 4 is 23.0 Å². The minimum Gasteiger partial charge on any atom is -0.598 e. The number of amides is 1. The summed E-state index contributed by atoms with van der Waals surface area (Å²) in [7, 11) is 0. The number of β-amino-alcohol motifs (C(OH)–C–C–N with tert-alkyl or cyclic N) is 1. The molecular formula is C28H35FN4O3S. The molecule has 1 aliphatic heterocycles. The van der Waals surface area contributed by atoms with E-state index in [1.807, 2.05) is 26.8 Å². The van der Waals surface area contributed by atoms with Crippen molar-refractivity contribution in [1.29, 1.82) is 5.26 Å². The molecule has 0 bridgehead atoms. The van der Waals surface area contributed by atoms with Crippen molar-refractivity contribution in [2.75, 3.05) is 11.9 Å². The maximum absolute atomic E-state index is 15.0. The highest BCUT2D eigenvalue weighted by molar-refractivity contribution is 7.90. The van der Waals surface area contributed by atoms with Crippen molar-refractivity contribution in [2.24, 2.45) is 5.92 Å². The number of aliphatic hydroxyl groups is 1. The minimum absolute atomic E-state index is 0.0151. The van der Waals surface area contributed by atoms with Crippen LogP contribution < -0.4 is 15.4 Å². The van der Waals surface area contributed by atoms with E-state index in [2.05, 4.69) is 21.4 Å². The van der Waals surface area contributed by atoms with E-state index in [4.69, 9.17) is 0 Å². The number of aliphatic hydroxyl groups excluding tert-OH is 1. The van der Waals surface area contributed by atoms with Crippen LogP contribution in [0.5, 0.6) is 0 Å². The van der Waals surface area contributed by atoms with Crippen LogP contribution in [0.1, 0.15) is 69.6 Å². The first-order valence-corrected chi connectivity index (χ1v) is 13.9. The van der Waals surface area contributed by atoms with Gasteiger partial charge in [0.25, 0.3) is 0 Å². The molecule has 1 amide bonds. The molecule has 0 aromatic heterocycles. The average Bonchev–Trinajstić information content (AvgIpc) is 3.60. The van der Waals surface area contributed by atoms with E-state index in [1.165, 1.54) is 6.07 Å². The Balaban J connectivity index is 1.79. The number of rotatable bonds is 9. The van der Waals surface area contributed by atoms with Gasteiger partial charge >= 0.3 is 0 Å². The van der Waals surface area contributed by atoms with Crippen LogP contribution in [0.3, 0.4) is 0 Å². The molecule has 1 aliphatic carbocycles. The smallest absolute Gasteiger partial charge is 0.241 e. The molecule has 1 heterocycles. The summed E-state index contributed by atoms with van der Waals surface area (Å²) in [6.07, 6.45) is 3.37. The lowest BCUT2D eigenvalue weighted by Gasteiger charge is -2.39. The van der Waals surface area contributed by atoms with Gasteiger partial charge in [0.05, 0.1) is 29.5 Å². The second-order valence-corrected chi connectivity index (χ2v) is 13.1. The first-order valence-electron chi connectivity index (χ1n) is 12.7. The first-order chi connectivity index (χ1) is 17.5. The maximum Gasteiger partial charge on any atom is 0.241 e. The zero-order chi connectivity index (χ0) is 26.8. The number of nitrogens with zero attached hydrogens (tertiary/aromatic N) is 1. The summed E-state index contributed by atoms with van der Waals surface area (Å²) in [6, 6.07) is 13.3. The van der Waals surface area contributed by atoms with Gasteiger partial charge in [0.1, 0.15) is 16.1 Å². The Labute approximate surface area is 221 Å². The number of halogens is 1. The molecule has 4 rings (SSSR count). The molecule has 7 nitrogen and oxygen atoms in total. The topological polar surface area (TPSA) is 120 Å². The molecule has 2 aromatic rings. The molecule has 1 saturated heterocycles. The molecule has 2 aromatic carbocycles. The van der Waals surface area contributed by atoms with Crippen LogP contribution in [0.15, 0.2) is 42.5 Å². The third-order valence-electron chi connectivity index (χ3n) is 7.07. The molecule has 9 heteroatoms. The van der Waals surface area contributed by atoms with Crippen LogP contribution in [-0.2, 0) is 21.7 Å². The monoisotopic (exact) mass is 526 g/mol. The highest BCUT2D eigenvalue weighted by atomic mass is 32.2. The number of anilines is 1. The van der Waals surface area contributed by atoms with Gasteiger partial charge in [0.2, 0.25) is 5.91 Å². The molecule has 4 unspecified atom stereocenters. The van der Waals surface area contributed by atoms with Crippen molar-refractivity contribution < 1.29 is 18.8 Å². The Morgan fingerprint density at radius 1 is 1.24 bits per heavy atom. The van der Waals surface area contributed by atoms with Crippen LogP contribution in [0.25, 0.3) is 0 Å². The molecule has 4 atom stereocenters. The summed E-state index contributed by atoms with van der Waals surface area (Å²) < 4.78 is 31.3. The van der Waals surface area contributed by atoms with Crippen molar-refractivity contribution in [3.63, 3.8) is 0 Å². The predicted molar refractivity (Wildman–Crippen MR) is 142 cm³/mol. The van der Waals surface area contributed by atoms with Gasteiger partial charge in [-0.1, -0.05) is 31.0 Å². The van der Waals surface area contributed by atoms with E-state index in [1.54, 1.807) is 30.3 Å². The average molecular weight is 527 g/mol. The van der Waals surface area contributed by atoms with E-state index >= 15 is 0 Å².